The van der Waals surface area contributed by atoms with Gasteiger partial charge in [-0.1, -0.05) is 11.6 Å². The highest BCUT2D eigenvalue weighted by Crippen LogP contribution is 2.16. The molecule has 0 saturated heterocycles. The number of carbonyl (C=O) groups excluding carboxylic acids is 1. The van der Waals surface area contributed by atoms with Gasteiger partial charge < -0.3 is 5.32 Å². The lowest BCUT2D eigenvalue weighted by Gasteiger charge is -2.01. The summed E-state index contributed by atoms with van der Waals surface area (Å²) in [6.07, 6.45) is 3.51. The Bertz CT molecular complexity index is 621. The fourth-order valence-electron chi connectivity index (χ4n) is 1.68. The Labute approximate surface area is 130 Å². The summed E-state index contributed by atoms with van der Waals surface area (Å²) >= 11 is 9.40. The van der Waals surface area contributed by atoms with Gasteiger partial charge in [0.05, 0.1) is 21.7 Å². The van der Waals surface area contributed by atoms with Crippen molar-refractivity contribution in [3.05, 3.63) is 33.3 Å². The average Bonchev–Trinajstić information content (AvgIpc) is 2.99. The molecular formula is C12H15BrClN5O. The molecule has 0 aliphatic heterocycles. The number of nitrogens with zero attached hydrogens (tertiary/aromatic N) is 4. The highest BCUT2D eigenvalue weighted by atomic mass is 79.9. The lowest BCUT2D eigenvalue weighted by molar-refractivity contribution is 0.0944. The minimum Gasteiger partial charge on any atom is -0.345 e. The molecule has 2 rings (SSSR count). The summed E-state index contributed by atoms with van der Waals surface area (Å²) in [6, 6.07) is 0. The van der Waals surface area contributed by atoms with E-state index in [1.807, 2.05) is 20.0 Å². The average molecular weight is 361 g/mol. The fraction of sp³-hybridized carbons (Fsp3) is 0.417. The molecule has 0 unspecified atom stereocenters. The quantitative estimate of drug-likeness (QED) is 0.891. The zero-order chi connectivity index (χ0) is 14.7. The van der Waals surface area contributed by atoms with Crippen LogP contribution in [-0.2, 0) is 19.6 Å². The Kier molecular flexibility index (Phi) is 4.82. The topological polar surface area (TPSA) is 64.7 Å². The molecule has 20 heavy (non-hydrogen) atoms. The molecule has 0 spiro atoms. The number of halogens is 2. The van der Waals surface area contributed by atoms with Gasteiger partial charge in [-0.25, -0.2) is 0 Å². The van der Waals surface area contributed by atoms with Crippen molar-refractivity contribution in [1.82, 2.24) is 24.9 Å². The zero-order valence-corrected chi connectivity index (χ0v) is 13.6. The maximum absolute atomic E-state index is 12.0. The summed E-state index contributed by atoms with van der Waals surface area (Å²) in [6.45, 7) is 5.69. The van der Waals surface area contributed by atoms with Gasteiger partial charge in [0.25, 0.3) is 5.91 Å². The Morgan fingerprint density at radius 3 is 2.50 bits per heavy atom. The third-order valence-electron chi connectivity index (χ3n) is 2.78. The smallest absolute Gasteiger partial charge is 0.273 e. The second-order valence-electron chi connectivity index (χ2n) is 4.14. The van der Waals surface area contributed by atoms with Crippen molar-refractivity contribution in [2.24, 2.45) is 0 Å². The number of aromatic nitrogens is 4. The molecule has 1 N–H and O–H groups in total. The van der Waals surface area contributed by atoms with Gasteiger partial charge in [0.15, 0.2) is 5.69 Å². The molecule has 0 aromatic carbocycles. The second-order valence-corrected chi connectivity index (χ2v) is 5.40. The van der Waals surface area contributed by atoms with Crippen LogP contribution in [0.3, 0.4) is 0 Å². The van der Waals surface area contributed by atoms with Gasteiger partial charge in [-0.05, 0) is 29.8 Å². The van der Waals surface area contributed by atoms with E-state index >= 15 is 0 Å². The van der Waals surface area contributed by atoms with E-state index in [0.29, 0.717) is 18.1 Å². The Balaban J connectivity index is 2.04. The molecule has 0 atom stereocenters. The van der Waals surface area contributed by atoms with Crippen molar-refractivity contribution in [2.45, 2.75) is 33.5 Å². The molecule has 2 aromatic heterocycles. The van der Waals surface area contributed by atoms with Crippen LogP contribution in [0.2, 0.25) is 5.02 Å². The number of hydrogen-bond acceptors (Lipinski definition) is 3. The zero-order valence-electron chi connectivity index (χ0n) is 11.2. The third-order valence-corrected chi connectivity index (χ3v) is 3.72. The van der Waals surface area contributed by atoms with Gasteiger partial charge in [-0.3, -0.25) is 14.2 Å². The molecule has 1 amide bonds. The highest BCUT2D eigenvalue weighted by Gasteiger charge is 2.16. The number of aryl methyl sites for hydroxylation is 2. The number of nitrogens with one attached hydrogen (secondary N) is 1. The Hall–Kier alpha value is -1.34. The molecular weight excluding hydrogens is 346 g/mol. The van der Waals surface area contributed by atoms with E-state index in [4.69, 9.17) is 11.6 Å². The van der Waals surface area contributed by atoms with E-state index in [1.165, 1.54) is 0 Å². The van der Waals surface area contributed by atoms with E-state index in [2.05, 4.69) is 31.4 Å². The number of amides is 1. The third kappa shape index (κ3) is 3.21. The summed E-state index contributed by atoms with van der Waals surface area (Å²) in [5.41, 5.74) is 1.01. The van der Waals surface area contributed by atoms with Crippen molar-refractivity contribution < 1.29 is 4.79 Å². The van der Waals surface area contributed by atoms with Crippen molar-refractivity contribution >= 4 is 33.4 Å². The molecule has 0 aliphatic rings. The fourth-order valence-corrected chi connectivity index (χ4v) is 2.37. The first kappa shape index (κ1) is 15.1. The molecule has 2 aromatic rings. The molecule has 0 fully saturated rings. The lowest BCUT2D eigenvalue weighted by atomic mass is 10.3. The van der Waals surface area contributed by atoms with Crippen molar-refractivity contribution in [3.8, 4) is 0 Å². The lowest BCUT2D eigenvalue weighted by Crippen LogP contribution is -2.24. The van der Waals surface area contributed by atoms with Gasteiger partial charge in [-0.2, -0.15) is 10.2 Å². The second kappa shape index (κ2) is 6.41. The monoisotopic (exact) mass is 359 g/mol. The molecule has 0 bridgehead atoms. The van der Waals surface area contributed by atoms with Gasteiger partial charge in [-0.15, -0.1) is 0 Å². The van der Waals surface area contributed by atoms with E-state index in [9.17, 15) is 4.79 Å². The van der Waals surface area contributed by atoms with Gasteiger partial charge in [0.2, 0.25) is 0 Å². The maximum Gasteiger partial charge on any atom is 0.273 e. The first-order valence-electron chi connectivity index (χ1n) is 6.28. The Morgan fingerprint density at radius 2 is 1.95 bits per heavy atom. The van der Waals surface area contributed by atoms with E-state index < -0.39 is 0 Å². The van der Waals surface area contributed by atoms with E-state index in [0.717, 1.165) is 16.7 Å². The van der Waals surface area contributed by atoms with Gasteiger partial charge >= 0.3 is 0 Å². The number of hydrogen-bond donors (Lipinski definition) is 1. The van der Waals surface area contributed by atoms with Crippen molar-refractivity contribution in [1.29, 1.82) is 0 Å². The minimum absolute atomic E-state index is 0.236. The SMILES string of the molecule is CCn1cc(Br)c(CNC(=O)c2nn(CC)cc2Cl)n1. The number of rotatable bonds is 5. The molecule has 8 heteroatoms. The summed E-state index contributed by atoms with van der Waals surface area (Å²) in [4.78, 5) is 12.0. The van der Waals surface area contributed by atoms with Crippen LogP contribution < -0.4 is 5.32 Å². The van der Waals surface area contributed by atoms with Gasteiger partial charge in [0.1, 0.15) is 0 Å². The van der Waals surface area contributed by atoms with Crippen molar-refractivity contribution in [2.75, 3.05) is 0 Å². The van der Waals surface area contributed by atoms with Crippen LogP contribution in [-0.4, -0.2) is 25.5 Å². The predicted molar refractivity (Wildman–Crippen MR) is 79.7 cm³/mol. The molecule has 6 nitrogen and oxygen atoms in total. The van der Waals surface area contributed by atoms with Crippen LogP contribution >= 0.6 is 27.5 Å². The highest BCUT2D eigenvalue weighted by molar-refractivity contribution is 9.10. The van der Waals surface area contributed by atoms with Crippen LogP contribution in [0.4, 0.5) is 0 Å². The first-order valence-corrected chi connectivity index (χ1v) is 7.45. The van der Waals surface area contributed by atoms with Crippen LogP contribution in [0.5, 0.6) is 0 Å². The number of carbonyl (C=O) groups is 1. The predicted octanol–water partition coefficient (Wildman–Crippen LogP) is 2.47. The molecule has 108 valence electrons. The summed E-state index contributed by atoms with van der Waals surface area (Å²) < 4.78 is 4.29. The van der Waals surface area contributed by atoms with Crippen LogP contribution in [0.25, 0.3) is 0 Å². The van der Waals surface area contributed by atoms with Gasteiger partial charge in [0, 0.05) is 25.5 Å². The minimum atomic E-state index is -0.305. The van der Waals surface area contributed by atoms with Crippen LogP contribution in [0, 0.1) is 0 Å². The Morgan fingerprint density at radius 1 is 1.30 bits per heavy atom. The maximum atomic E-state index is 12.0. The van der Waals surface area contributed by atoms with Crippen LogP contribution in [0.1, 0.15) is 30.0 Å². The molecule has 0 radical (unpaired) electrons. The summed E-state index contributed by atoms with van der Waals surface area (Å²) in [5, 5.41) is 11.6. The van der Waals surface area contributed by atoms with E-state index in [-0.39, 0.29) is 11.6 Å². The molecule has 0 aliphatic carbocycles. The molecule has 0 saturated carbocycles. The largest absolute Gasteiger partial charge is 0.345 e. The normalized spacial score (nSPS) is 10.8. The first-order chi connectivity index (χ1) is 9.55. The van der Waals surface area contributed by atoms with Crippen LogP contribution in [0.15, 0.2) is 16.9 Å². The standard InChI is InChI=1S/C12H15BrClN5O/c1-3-18-6-8(13)10(16-18)5-15-12(20)11-9(14)7-19(4-2)17-11/h6-7H,3-5H2,1-2H3,(H,15,20). The molecule has 2 heterocycles. The summed E-state index contributed by atoms with van der Waals surface area (Å²) in [7, 11) is 0. The van der Waals surface area contributed by atoms with E-state index in [1.54, 1.807) is 15.6 Å². The van der Waals surface area contributed by atoms with Crippen molar-refractivity contribution in [3.63, 3.8) is 0 Å². The summed E-state index contributed by atoms with van der Waals surface area (Å²) in [5.74, 6) is -0.305.